The number of nitrogens with one attached hydrogen (secondary N) is 1. The van der Waals surface area contributed by atoms with Crippen LogP contribution in [0.25, 0.3) is 0 Å². The van der Waals surface area contributed by atoms with Crippen molar-refractivity contribution in [3.8, 4) is 0 Å². The summed E-state index contributed by atoms with van der Waals surface area (Å²) in [5, 5.41) is 2.82. The van der Waals surface area contributed by atoms with Crippen LogP contribution in [0, 0.1) is 6.92 Å². The topological polar surface area (TPSA) is 49.4 Å². The van der Waals surface area contributed by atoms with Crippen LogP contribution in [0.5, 0.6) is 0 Å². The van der Waals surface area contributed by atoms with Gasteiger partial charge in [-0.15, -0.1) is 11.8 Å². The average Bonchev–Trinajstić information content (AvgIpc) is 2.46. The van der Waals surface area contributed by atoms with Crippen LogP contribution in [0.15, 0.2) is 23.1 Å². The van der Waals surface area contributed by atoms with Gasteiger partial charge in [0.05, 0.1) is 0 Å². The lowest BCUT2D eigenvalue weighted by Crippen LogP contribution is -2.57. The number of amides is 2. The Balaban J connectivity index is 2.32. The zero-order valence-corrected chi connectivity index (χ0v) is 12.9. The Kier molecular flexibility index (Phi) is 4.70. The van der Waals surface area contributed by atoms with Crippen molar-refractivity contribution in [2.75, 3.05) is 19.3 Å². The van der Waals surface area contributed by atoms with Crippen LogP contribution in [-0.2, 0) is 4.79 Å². The van der Waals surface area contributed by atoms with E-state index in [1.54, 1.807) is 16.7 Å². The highest BCUT2D eigenvalue weighted by molar-refractivity contribution is 7.98. The summed E-state index contributed by atoms with van der Waals surface area (Å²) in [6.07, 6.45) is 2.63. The number of piperazine rings is 1. The Labute approximate surface area is 123 Å². The van der Waals surface area contributed by atoms with Crippen molar-refractivity contribution in [3.63, 3.8) is 0 Å². The zero-order valence-electron chi connectivity index (χ0n) is 12.1. The lowest BCUT2D eigenvalue weighted by molar-refractivity contribution is -0.127. The van der Waals surface area contributed by atoms with Crippen molar-refractivity contribution < 1.29 is 9.59 Å². The van der Waals surface area contributed by atoms with Gasteiger partial charge in [0.25, 0.3) is 5.91 Å². The highest BCUT2D eigenvalue weighted by atomic mass is 32.2. The molecule has 1 aromatic carbocycles. The quantitative estimate of drug-likeness (QED) is 0.868. The predicted octanol–water partition coefficient (Wildman–Crippen LogP) is 2.07. The number of benzene rings is 1. The minimum Gasteiger partial charge on any atom is -0.353 e. The Bertz CT molecular complexity index is 531. The van der Waals surface area contributed by atoms with Gasteiger partial charge in [0.2, 0.25) is 5.91 Å². The highest BCUT2D eigenvalue weighted by Crippen LogP contribution is 2.22. The molecule has 0 saturated carbocycles. The van der Waals surface area contributed by atoms with Crippen LogP contribution in [-0.4, -0.2) is 42.1 Å². The molecule has 1 aliphatic rings. The second-order valence-corrected chi connectivity index (χ2v) is 5.77. The molecule has 5 heteroatoms. The first-order chi connectivity index (χ1) is 9.58. The fourth-order valence-electron chi connectivity index (χ4n) is 2.48. The highest BCUT2D eigenvalue weighted by Gasteiger charge is 2.32. The molecule has 1 atom stereocenters. The third-order valence-corrected chi connectivity index (χ3v) is 4.38. The number of rotatable bonds is 3. The first kappa shape index (κ1) is 14.9. The van der Waals surface area contributed by atoms with Gasteiger partial charge in [0.15, 0.2) is 0 Å². The Morgan fingerprint density at radius 1 is 1.50 bits per heavy atom. The molecule has 1 aliphatic heterocycles. The van der Waals surface area contributed by atoms with E-state index in [1.165, 1.54) is 0 Å². The van der Waals surface area contributed by atoms with Crippen molar-refractivity contribution in [1.82, 2.24) is 10.2 Å². The van der Waals surface area contributed by atoms with Crippen LogP contribution in [0.3, 0.4) is 0 Å². The molecule has 4 nitrogen and oxygen atoms in total. The van der Waals surface area contributed by atoms with Crippen molar-refractivity contribution in [2.24, 2.45) is 0 Å². The minimum absolute atomic E-state index is 0.0416. The van der Waals surface area contributed by atoms with Gasteiger partial charge >= 0.3 is 0 Å². The van der Waals surface area contributed by atoms with Gasteiger partial charge in [0.1, 0.15) is 6.04 Å². The van der Waals surface area contributed by atoms with E-state index >= 15 is 0 Å². The summed E-state index contributed by atoms with van der Waals surface area (Å²) in [6, 6.07) is 5.54. The van der Waals surface area contributed by atoms with Crippen LogP contribution in [0.2, 0.25) is 0 Å². The molecule has 1 unspecified atom stereocenters. The molecular weight excluding hydrogens is 272 g/mol. The largest absolute Gasteiger partial charge is 0.353 e. The molecule has 2 rings (SSSR count). The number of carbonyl (C=O) groups is 2. The van der Waals surface area contributed by atoms with E-state index in [0.29, 0.717) is 25.1 Å². The second kappa shape index (κ2) is 6.31. The van der Waals surface area contributed by atoms with Gasteiger partial charge in [-0.2, -0.15) is 0 Å². The number of hydrogen-bond donors (Lipinski definition) is 1. The molecule has 20 heavy (non-hydrogen) atoms. The summed E-state index contributed by atoms with van der Waals surface area (Å²) in [5.41, 5.74) is 1.65. The average molecular weight is 292 g/mol. The predicted molar refractivity (Wildman–Crippen MR) is 81.1 cm³/mol. The van der Waals surface area contributed by atoms with Gasteiger partial charge in [-0.3, -0.25) is 9.59 Å². The monoisotopic (exact) mass is 292 g/mol. The maximum atomic E-state index is 12.7. The second-order valence-electron chi connectivity index (χ2n) is 4.89. The number of aryl methyl sites for hydroxylation is 1. The lowest BCUT2D eigenvalue weighted by atomic mass is 10.0. The van der Waals surface area contributed by atoms with E-state index in [9.17, 15) is 9.59 Å². The Hall–Kier alpha value is -1.49. The molecule has 1 saturated heterocycles. The van der Waals surface area contributed by atoms with Gasteiger partial charge in [-0.1, -0.05) is 13.0 Å². The SMILES string of the molecule is CCC1C(=O)NCCN1C(=O)c1cc(SC)ccc1C. The molecule has 2 amide bonds. The maximum absolute atomic E-state index is 12.7. The molecule has 0 aliphatic carbocycles. The first-order valence-corrected chi connectivity index (χ1v) is 8.04. The molecule has 108 valence electrons. The Morgan fingerprint density at radius 3 is 2.90 bits per heavy atom. The normalized spacial score (nSPS) is 18.9. The number of thioether (sulfide) groups is 1. The van der Waals surface area contributed by atoms with E-state index in [2.05, 4.69) is 5.32 Å². The van der Waals surface area contributed by atoms with Gasteiger partial charge < -0.3 is 10.2 Å². The van der Waals surface area contributed by atoms with E-state index in [0.717, 1.165) is 10.5 Å². The molecule has 0 radical (unpaired) electrons. The van der Waals surface area contributed by atoms with E-state index in [4.69, 9.17) is 0 Å². The van der Waals surface area contributed by atoms with Gasteiger partial charge in [-0.25, -0.2) is 0 Å². The van der Waals surface area contributed by atoms with Gasteiger partial charge in [0, 0.05) is 23.5 Å². The summed E-state index contributed by atoms with van der Waals surface area (Å²) in [6.45, 7) is 4.97. The summed E-state index contributed by atoms with van der Waals surface area (Å²) < 4.78 is 0. The van der Waals surface area contributed by atoms with E-state index < -0.39 is 0 Å². The smallest absolute Gasteiger partial charge is 0.254 e. The van der Waals surface area contributed by atoms with Crippen molar-refractivity contribution in [3.05, 3.63) is 29.3 Å². The van der Waals surface area contributed by atoms with E-state index in [1.807, 2.05) is 38.3 Å². The summed E-state index contributed by atoms with van der Waals surface area (Å²) in [4.78, 5) is 27.4. The molecule has 1 fully saturated rings. The molecule has 0 aromatic heterocycles. The summed E-state index contributed by atoms with van der Waals surface area (Å²) in [5.74, 6) is -0.0918. The van der Waals surface area contributed by atoms with Crippen LogP contribution >= 0.6 is 11.8 Å². The van der Waals surface area contributed by atoms with Crippen LogP contribution < -0.4 is 5.32 Å². The number of nitrogens with zero attached hydrogens (tertiary/aromatic N) is 1. The standard InChI is InChI=1S/C15H20N2O2S/c1-4-13-14(18)16-7-8-17(13)15(19)12-9-11(20-3)6-5-10(12)2/h5-6,9,13H,4,7-8H2,1-3H3,(H,16,18). The zero-order chi connectivity index (χ0) is 14.7. The van der Waals surface area contributed by atoms with Crippen LogP contribution in [0.1, 0.15) is 29.3 Å². The molecule has 0 spiro atoms. The van der Waals surface area contributed by atoms with Crippen molar-refractivity contribution in [2.45, 2.75) is 31.2 Å². The molecule has 1 N–H and O–H groups in total. The molecule has 1 heterocycles. The van der Waals surface area contributed by atoms with E-state index in [-0.39, 0.29) is 17.9 Å². The third-order valence-electron chi connectivity index (χ3n) is 3.65. The number of hydrogen-bond acceptors (Lipinski definition) is 3. The minimum atomic E-state index is -0.353. The molecule has 1 aromatic rings. The van der Waals surface area contributed by atoms with Crippen molar-refractivity contribution >= 4 is 23.6 Å². The Morgan fingerprint density at radius 2 is 2.25 bits per heavy atom. The van der Waals surface area contributed by atoms with Crippen LogP contribution in [0.4, 0.5) is 0 Å². The summed E-state index contributed by atoms with van der Waals surface area (Å²) >= 11 is 1.61. The number of carbonyl (C=O) groups excluding carboxylic acids is 2. The van der Waals surface area contributed by atoms with Gasteiger partial charge in [-0.05, 0) is 37.3 Å². The fourth-order valence-corrected chi connectivity index (χ4v) is 2.92. The van der Waals surface area contributed by atoms with Crippen molar-refractivity contribution in [1.29, 1.82) is 0 Å². The molecular formula is C15H20N2O2S. The molecule has 0 bridgehead atoms. The first-order valence-electron chi connectivity index (χ1n) is 6.81. The third kappa shape index (κ3) is 2.82. The maximum Gasteiger partial charge on any atom is 0.254 e. The fraction of sp³-hybridized carbons (Fsp3) is 0.467. The summed E-state index contributed by atoms with van der Waals surface area (Å²) in [7, 11) is 0. The lowest BCUT2D eigenvalue weighted by Gasteiger charge is -2.34.